The molecule has 1 unspecified atom stereocenters. The molecule has 0 aromatic heterocycles. The van der Waals surface area contributed by atoms with Crippen molar-refractivity contribution < 1.29 is 14.0 Å². The average Bonchev–Trinajstić information content (AvgIpc) is 1.98. The van der Waals surface area contributed by atoms with Crippen LogP contribution in [-0.4, -0.2) is 28.8 Å². The van der Waals surface area contributed by atoms with Gasteiger partial charge in [0.25, 0.3) is 0 Å². The van der Waals surface area contributed by atoms with Crippen molar-refractivity contribution in [1.29, 1.82) is 0 Å². The molecular weight excluding hydrogens is 215 g/mol. The smallest absolute Gasteiger partial charge is 0.316 e. The molecule has 3 nitrogen and oxygen atoms in total. The van der Waals surface area contributed by atoms with Gasteiger partial charge < -0.3 is 9.42 Å². The van der Waals surface area contributed by atoms with Crippen molar-refractivity contribution in [2.75, 3.05) is 23.9 Å². The van der Waals surface area contributed by atoms with E-state index in [1.54, 1.807) is 18.7 Å². The first-order valence-electron chi connectivity index (χ1n) is 3.82. The van der Waals surface area contributed by atoms with Crippen molar-refractivity contribution in [2.24, 2.45) is 0 Å². The SMILES string of the molecule is CCOP(=O)(O)SCCSCC. The van der Waals surface area contributed by atoms with Crippen LogP contribution in [0.4, 0.5) is 0 Å². The molecule has 0 aromatic rings. The van der Waals surface area contributed by atoms with Gasteiger partial charge in [-0.15, -0.1) is 0 Å². The zero-order valence-corrected chi connectivity index (χ0v) is 9.88. The highest BCUT2D eigenvalue weighted by molar-refractivity contribution is 8.54. The minimum atomic E-state index is -3.33. The van der Waals surface area contributed by atoms with E-state index in [1.807, 2.05) is 0 Å². The Bertz CT molecular complexity index is 154. The van der Waals surface area contributed by atoms with Crippen LogP contribution in [0.25, 0.3) is 0 Å². The second-order valence-corrected chi connectivity index (χ2v) is 7.33. The molecular formula is C6H15O3PS2. The fraction of sp³-hybridized carbons (Fsp3) is 1.00. The van der Waals surface area contributed by atoms with Crippen LogP contribution in [0, 0.1) is 0 Å². The summed E-state index contributed by atoms with van der Waals surface area (Å²) >= 11 is 2.77. The zero-order valence-electron chi connectivity index (χ0n) is 7.36. The molecule has 0 aliphatic carbocycles. The molecule has 1 atom stereocenters. The highest BCUT2D eigenvalue weighted by atomic mass is 32.7. The summed E-state index contributed by atoms with van der Waals surface area (Å²) in [6.07, 6.45) is 0. The number of hydrogen-bond donors (Lipinski definition) is 1. The Morgan fingerprint density at radius 3 is 2.58 bits per heavy atom. The summed E-state index contributed by atoms with van der Waals surface area (Å²) in [7, 11) is 0. The summed E-state index contributed by atoms with van der Waals surface area (Å²) in [5.74, 6) is 2.62. The summed E-state index contributed by atoms with van der Waals surface area (Å²) in [6.45, 7) is 0.742. The van der Waals surface area contributed by atoms with Crippen LogP contribution in [0.2, 0.25) is 0 Å². The van der Waals surface area contributed by atoms with Crippen LogP contribution in [0.15, 0.2) is 0 Å². The molecule has 0 rings (SSSR count). The Kier molecular flexibility index (Phi) is 7.79. The highest BCUT2D eigenvalue weighted by Gasteiger charge is 2.18. The van der Waals surface area contributed by atoms with Crippen LogP contribution < -0.4 is 0 Å². The second kappa shape index (κ2) is 7.27. The highest BCUT2D eigenvalue weighted by Crippen LogP contribution is 2.55. The van der Waals surface area contributed by atoms with E-state index in [-0.39, 0.29) is 0 Å². The van der Waals surface area contributed by atoms with Crippen molar-refractivity contribution in [3.05, 3.63) is 0 Å². The molecule has 0 aliphatic heterocycles. The van der Waals surface area contributed by atoms with Crippen molar-refractivity contribution in [1.82, 2.24) is 0 Å². The third-order valence-electron chi connectivity index (χ3n) is 0.978. The maximum absolute atomic E-state index is 11.1. The van der Waals surface area contributed by atoms with E-state index in [0.717, 1.165) is 22.9 Å². The summed E-state index contributed by atoms with van der Waals surface area (Å²) in [6, 6.07) is 0. The number of hydrogen-bond acceptors (Lipinski definition) is 4. The molecule has 0 bridgehead atoms. The van der Waals surface area contributed by atoms with E-state index in [2.05, 4.69) is 11.4 Å². The van der Waals surface area contributed by atoms with Crippen molar-refractivity contribution >= 4 is 29.9 Å². The molecule has 0 heterocycles. The molecule has 1 N–H and O–H groups in total. The van der Waals surface area contributed by atoms with Crippen LogP contribution >= 0.6 is 29.9 Å². The van der Waals surface area contributed by atoms with Crippen molar-refractivity contribution in [2.45, 2.75) is 13.8 Å². The maximum Gasteiger partial charge on any atom is 0.386 e. The second-order valence-electron chi connectivity index (χ2n) is 1.92. The lowest BCUT2D eigenvalue weighted by molar-refractivity contribution is 0.291. The Balaban J connectivity index is 3.41. The molecule has 0 aliphatic rings. The fourth-order valence-electron chi connectivity index (χ4n) is 0.556. The van der Waals surface area contributed by atoms with Gasteiger partial charge in [-0.2, -0.15) is 11.8 Å². The van der Waals surface area contributed by atoms with E-state index in [0.29, 0.717) is 12.4 Å². The molecule has 0 amide bonds. The fourth-order valence-corrected chi connectivity index (χ4v) is 4.15. The molecule has 0 aromatic carbocycles. The topological polar surface area (TPSA) is 46.5 Å². The Morgan fingerprint density at radius 1 is 1.42 bits per heavy atom. The normalized spacial score (nSPS) is 15.9. The van der Waals surface area contributed by atoms with Gasteiger partial charge in [0, 0.05) is 11.5 Å². The third-order valence-corrected chi connectivity index (χ3v) is 5.28. The van der Waals surface area contributed by atoms with Gasteiger partial charge >= 0.3 is 6.80 Å². The van der Waals surface area contributed by atoms with E-state index in [1.165, 1.54) is 0 Å². The van der Waals surface area contributed by atoms with Crippen LogP contribution in [0.5, 0.6) is 0 Å². The summed E-state index contributed by atoms with van der Waals surface area (Å²) in [4.78, 5) is 9.10. The molecule has 74 valence electrons. The molecule has 12 heavy (non-hydrogen) atoms. The average molecular weight is 230 g/mol. The van der Waals surface area contributed by atoms with Crippen LogP contribution in [0.1, 0.15) is 13.8 Å². The summed E-state index contributed by atoms with van der Waals surface area (Å²) < 4.78 is 15.7. The molecule has 0 radical (unpaired) electrons. The largest absolute Gasteiger partial charge is 0.386 e. The van der Waals surface area contributed by atoms with E-state index in [4.69, 9.17) is 4.89 Å². The Morgan fingerprint density at radius 2 is 2.08 bits per heavy atom. The van der Waals surface area contributed by atoms with Gasteiger partial charge in [0.05, 0.1) is 6.61 Å². The van der Waals surface area contributed by atoms with Gasteiger partial charge in [-0.25, -0.2) is 4.57 Å². The van der Waals surface area contributed by atoms with Crippen LogP contribution in [-0.2, 0) is 9.09 Å². The van der Waals surface area contributed by atoms with Gasteiger partial charge in [0.2, 0.25) is 0 Å². The van der Waals surface area contributed by atoms with E-state index in [9.17, 15) is 4.57 Å². The first-order chi connectivity index (χ1) is 5.62. The summed E-state index contributed by atoms with van der Waals surface area (Å²) in [5.41, 5.74) is 0. The summed E-state index contributed by atoms with van der Waals surface area (Å²) in [5, 5.41) is 0. The lowest BCUT2D eigenvalue weighted by atomic mass is 10.9. The van der Waals surface area contributed by atoms with E-state index < -0.39 is 6.80 Å². The zero-order chi connectivity index (χ0) is 9.45. The van der Waals surface area contributed by atoms with Crippen molar-refractivity contribution in [3.63, 3.8) is 0 Å². The van der Waals surface area contributed by atoms with Gasteiger partial charge in [-0.05, 0) is 24.1 Å². The monoisotopic (exact) mass is 230 g/mol. The van der Waals surface area contributed by atoms with Gasteiger partial charge in [0.15, 0.2) is 0 Å². The minimum Gasteiger partial charge on any atom is -0.316 e. The van der Waals surface area contributed by atoms with Gasteiger partial charge in [-0.1, -0.05) is 6.92 Å². The molecule has 0 fully saturated rings. The molecule has 0 saturated carbocycles. The first-order valence-corrected chi connectivity index (χ1v) is 8.14. The lowest BCUT2D eigenvalue weighted by Gasteiger charge is -2.08. The van der Waals surface area contributed by atoms with E-state index >= 15 is 0 Å². The quantitative estimate of drug-likeness (QED) is 0.538. The molecule has 6 heteroatoms. The first kappa shape index (κ1) is 12.8. The minimum absolute atomic E-state index is 0.293. The maximum atomic E-state index is 11.1. The standard InChI is InChI=1S/C6H15O3PS2/c1-3-9-10(7,8)12-6-5-11-4-2/h3-6H2,1-2H3,(H,7,8). The van der Waals surface area contributed by atoms with Crippen molar-refractivity contribution in [3.8, 4) is 0 Å². The van der Waals surface area contributed by atoms with Gasteiger partial charge in [0.1, 0.15) is 0 Å². The lowest BCUT2D eigenvalue weighted by Crippen LogP contribution is -1.88. The van der Waals surface area contributed by atoms with Gasteiger partial charge in [-0.3, -0.25) is 0 Å². The Hall–Kier alpha value is 0.850. The number of rotatable bonds is 7. The Labute approximate surface area is 81.9 Å². The predicted molar refractivity (Wildman–Crippen MR) is 56.9 cm³/mol. The van der Waals surface area contributed by atoms with Crippen LogP contribution in [0.3, 0.4) is 0 Å². The number of thioether (sulfide) groups is 1. The third kappa shape index (κ3) is 7.50. The molecule has 0 saturated heterocycles. The predicted octanol–water partition coefficient (Wildman–Crippen LogP) is 2.61. The molecule has 0 spiro atoms.